The molecule has 1 heterocycles. The van der Waals surface area contributed by atoms with E-state index >= 15 is 0 Å². The summed E-state index contributed by atoms with van der Waals surface area (Å²) in [6, 6.07) is 10.1. The summed E-state index contributed by atoms with van der Waals surface area (Å²) in [6.45, 7) is 0. The van der Waals surface area contributed by atoms with E-state index in [-0.39, 0.29) is 17.2 Å². The topological polar surface area (TPSA) is 80.3 Å². The highest BCUT2D eigenvalue weighted by Crippen LogP contribution is 2.22. The number of carbonyl (C=O) groups is 2. The van der Waals surface area contributed by atoms with Crippen molar-refractivity contribution in [3.63, 3.8) is 0 Å². The Morgan fingerprint density at radius 3 is 2.78 bits per heavy atom. The highest BCUT2D eigenvalue weighted by atomic mass is 35.5. The van der Waals surface area contributed by atoms with Gasteiger partial charge < -0.3 is 4.74 Å². The molecule has 0 spiro atoms. The van der Waals surface area contributed by atoms with Crippen LogP contribution in [-0.2, 0) is 4.79 Å². The molecular formula is C15H14ClN3O3S. The van der Waals surface area contributed by atoms with E-state index in [9.17, 15) is 9.59 Å². The Bertz CT molecular complexity index is 698. The van der Waals surface area contributed by atoms with Gasteiger partial charge in [0.15, 0.2) is 0 Å². The number of aromatic nitrogens is 1. The van der Waals surface area contributed by atoms with Gasteiger partial charge in [0, 0.05) is 11.2 Å². The number of pyridine rings is 1. The van der Waals surface area contributed by atoms with E-state index in [2.05, 4.69) is 15.8 Å². The van der Waals surface area contributed by atoms with E-state index in [1.54, 1.807) is 30.5 Å². The summed E-state index contributed by atoms with van der Waals surface area (Å²) < 4.78 is 5.09. The number of thioether (sulfide) groups is 1. The van der Waals surface area contributed by atoms with Gasteiger partial charge >= 0.3 is 0 Å². The van der Waals surface area contributed by atoms with Gasteiger partial charge in [-0.1, -0.05) is 29.4 Å². The molecule has 0 saturated heterocycles. The SMILES string of the molecule is COc1ccc(Cl)cc1C(=O)NNC(=O)CSc1ccccn1. The number of hydrogen-bond donors (Lipinski definition) is 2. The molecular weight excluding hydrogens is 338 g/mol. The van der Waals surface area contributed by atoms with Crippen LogP contribution in [0, 0.1) is 0 Å². The summed E-state index contributed by atoms with van der Waals surface area (Å²) in [5, 5.41) is 1.12. The second kappa shape index (κ2) is 8.40. The Labute approximate surface area is 142 Å². The number of halogens is 1. The normalized spacial score (nSPS) is 10.0. The van der Waals surface area contributed by atoms with Crippen LogP contribution in [0.4, 0.5) is 0 Å². The van der Waals surface area contributed by atoms with Crippen LogP contribution < -0.4 is 15.6 Å². The van der Waals surface area contributed by atoms with Gasteiger partial charge in [0.05, 0.1) is 23.5 Å². The predicted molar refractivity (Wildman–Crippen MR) is 88.6 cm³/mol. The van der Waals surface area contributed by atoms with Crippen molar-refractivity contribution in [1.82, 2.24) is 15.8 Å². The number of nitrogens with one attached hydrogen (secondary N) is 2. The van der Waals surface area contributed by atoms with Gasteiger partial charge in [-0.15, -0.1) is 0 Å². The monoisotopic (exact) mass is 351 g/mol. The maximum absolute atomic E-state index is 12.1. The van der Waals surface area contributed by atoms with Gasteiger partial charge in [0.1, 0.15) is 5.75 Å². The summed E-state index contributed by atoms with van der Waals surface area (Å²) in [4.78, 5) is 27.9. The lowest BCUT2D eigenvalue weighted by Gasteiger charge is -2.10. The minimum Gasteiger partial charge on any atom is -0.496 e. The number of hydrogen-bond acceptors (Lipinski definition) is 5. The van der Waals surface area contributed by atoms with Crippen LogP contribution in [0.25, 0.3) is 0 Å². The summed E-state index contributed by atoms with van der Waals surface area (Å²) in [7, 11) is 1.45. The van der Waals surface area contributed by atoms with Crippen LogP contribution >= 0.6 is 23.4 Å². The molecule has 0 bridgehead atoms. The summed E-state index contributed by atoms with van der Waals surface area (Å²) in [5.41, 5.74) is 4.90. The molecule has 120 valence electrons. The Hall–Kier alpha value is -2.25. The first kappa shape index (κ1) is 17.1. The van der Waals surface area contributed by atoms with Crippen molar-refractivity contribution in [2.24, 2.45) is 0 Å². The molecule has 0 saturated carbocycles. The molecule has 0 aliphatic heterocycles. The van der Waals surface area contributed by atoms with Crippen LogP contribution in [-0.4, -0.2) is 29.7 Å². The van der Waals surface area contributed by atoms with Crippen LogP contribution in [0.2, 0.25) is 5.02 Å². The molecule has 1 aromatic heterocycles. The number of rotatable bonds is 5. The fraction of sp³-hybridized carbons (Fsp3) is 0.133. The lowest BCUT2D eigenvalue weighted by atomic mass is 10.2. The molecule has 0 aliphatic carbocycles. The number of amides is 2. The number of methoxy groups -OCH3 is 1. The van der Waals surface area contributed by atoms with E-state index < -0.39 is 5.91 Å². The van der Waals surface area contributed by atoms with Crippen molar-refractivity contribution in [3.05, 3.63) is 53.2 Å². The molecule has 0 aliphatic rings. The van der Waals surface area contributed by atoms with Crippen LogP contribution in [0.1, 0.15) is 10.4 Å². The zero-order chi connectivity index (χ0) is 16.7. The van der Waals surface area contributed by atoms with Gasteiger partial charge in [-0.05, 0) is 30.3 Å². The van der Waals surface area contributed by atoms with Gasteiger partial charge in [0.2, 0.25) is 5.91 Å². The van der Waals surface area contributed by atoms with Crippen molar-refractivity contribution < 1.29 is 14.3 Å². The molecule has 0 unspecified atom stereocenters. The smallest absolute Gasteiger partial charge is 0.273 e. The van der Waals surface area contributed by atoms with Gasteiger partial charge in [0.25, 0.3) is 5.91 Å². The highest BCUT2D eigenvalue weighted by Gasteiger charge is 2.13. The van der Waals surface area contributed by atoms with Crippen LogP contribution in [0.3, 0.4) is 0 Å². The molecule has 23 heavy (non-hydrogen) atoms. The fourth-order valence-electron chi connectivity index (χ4n) is 1.66. The maximum Gasteiger partial charge on any atom is 0.273 e. The molecule has 6 nitrogen and oxygen atoms in total. The quantitative estimate of drug-likeness (QED) is 0.638. The van der Waals surface area contributed by atoms with Crippen LogP contribution in [0.15, 0.2) is 47.6 Å². The van der Waals surface area contributed by atoms with E-state index in [1.807, 2.05) is 6.07 Å². The van der Waals surface area contributed by atoms with Crippen molar-refractivity contribution in [2.75, 3.05) is 12.9 Å². The average molecular weight is 352 g/mol. The molecule has 2 N–H and O–H groups in total. The van der Waals surface area contributed by atoms with Gasteiger partial charge in [-0.2, -0.15) is 0 Å². The fourth-order valence-corrected chi connectivity index (χ4v) is 2.49. The number of hydrazine groups is 1. The summed E-state index contributed by atoms with van der Waals surface area (Å²) >= 11 is 7.13. The Kier molecular flexibility index (Phi) is 6.25. The third-order valence-corrected chi connectivity index (χ3v) is 3.89. The third-order valence-electron chi connectivity index (χ3n) is 2.71. The largest absolute Gasteiger partial charge is 0.496 e. The van der Waals surface area contributed by atoms with E-state index in [0.29, 0.717) is 10.8 Å². The standard InChI is InChI=1S/C15H14ClN3O3S/c1-22-12-6-5-10(16)8-11(12)15(21)19-18-13(20)9-23-14-4-2-3-7-17-14/h2-8H,9H2,1H3,(H,18,20)(H,19,21). The predicted octanol–water partition coefficient (Wildman–Crippen LogP) is 2.30. The zero-order valence-electron chi connectivity index (χ0n) is 12.2. The third kappa shape index (κ3) is 5.15. The number of carbonyl (C=O) groups excluding carboxylic acids is 2. The Morgan fingerprint density at radius 2 is 2.09 bits per heavy atom. The second-order valence-electron chi connectivity index (χ2n) is 4.30. The van der Waals surface area contributed by atoms with E-state index in [4.69, 9.17) is 16.3 Å². The highest BCUT2D eigenvalue weighted by molar-refractivity contribution is 7.99. The maximum atomic E-state index is 12.1. The Morgan fingerprint density at radius 1 is 1.26 bits per heavy atom. The van der Waals surface area contributed by atoms with Crippen molar-refractivity contribution in [3.8, 4) is 5.75 Å². The zero-order valence-corrected chi connectivity index (χ0v) is 13.8. The number of nitrogens with zero attached hydrogens (tertiary/aromatic N) is 1. The first-order valence-corrected chi connectivity index (χ1v) is 7.93. The molecule has 1 aromatic carbocycles. The Balaban J connectivity index is 1.86. The minimum absolute atomic E-state index is 0.129. The van der Waals surface area contributed by atoms with Crippen molar-refractivity contribution >= 4 is 35.2 Å². The molecule has 8 heteroatoms. The average Bonchev–Trinajstić information content (AvgIpc) is 2.58. The number of benzene rings is 1. The molecule has 0 radical (unpaired) electrons. The minimum atomic E-state index is -0.513. The van der Waals surface area contributed by atoms with Crippen molar-refractivity contribution in [1.29, 1.82) is 0 Å². The van der Waals surface area contributed by atoms with Crippen LogP contribution in [0.5, 0.6) is 5.75 Å². The van der Waals surface area contributed by atoms with Gasteiger partial charge in [-0.3, -0.25) is 20.4 Å². The summed E-state index contributed by atoms with van der Waals surface area (Å²) in [5.74, 6) is -0.371. The lowest BCUT2D eigenvalue weighted by Crippen LogP contribution is -2.42. The van der Waals surface area contributed by atoms with Gasteiger partial charge in [-0.25, -0.2) is 4.98 Å². The first-order valence-electron chi connectivity index (χ1n) is 6.56. The van der Waals surface area contributed by atoms with Crippen molar-refractivity contribution in [2.45, 2.75) is 5.03 Å². The first-order chi connectivity index (χ1) is 11.1. The molecule has 0 fully saturated rings. The van der Waals surface area contributed by atoms with E-state index in [1.165, 1.54) is 24.9 Å². The molecule has 2 aromatic rings. The lowest BCUT2D eigenvalue weighted by molar-refractivity contribution is -0.119. The molecule has 0 atom stereocenters. The molecule has 2 amide bonds. The number of ether oxygens (including phenoxy) is 1. The van der Waals surface area contributed by atoms with E-state index in [0.717, 1.165) is 5.03 Å². The summed E-state index contributed by atoms with van der Waals surface area (Å²) in [6.07, 6.45) is 1.65. The second-order valence-corrected chi connectivity index (χ2v) is 5.74. The molecule has 2 rings (SSSR count).